The third-order valence-electron chi connectivity index (χ3n) is 11.3. The van der Waals surface area contributed by atoms with E-state index in [0.717, 1.165) is 56.0 Å². The highest BCUT2D eigenvalue weighted by Gasteiger charge is 2.39. The number of fused-ring (bicyclic) bond motifs is 5. The Hall–Kier alpha value is -6.80. The second-order valence-electron chi connectivity index (χ2n) is 15.0. The van der Waals surface area contributed by atoms with E-state index in [-0.39, 0.29) is 10.8 Å². The van der Waals surface area contributed by atoms with Gasteiger partial charge in [0.2, 0.25) is 0 Å². The molecule has 2 aliphatic heterocycles. The lowest BCUT2D eigenvalue weighted by Gasteiger charge is -2.43. The number of rotatable bonds is 4. The molecule has 8 aromatic rings. The summed E-state index contributed by atoms with van der Waals surface area (Å²) in [5, 5.41) is 2.06. The smallest absolute Gasteiger partial charge is 0.162 e. The van der Waals surface area contributed by atoms with Crippen LogP contribution in [0, 0.1) is 0 Å². The topological polar surface area (TPSA) is 83.8 Å². The molecule has 0 fully saturated rings. The predicted octanol–water partition coefficient (Wildman–Crippen LogP) is 10.8. The maximum absolute atomic E-state index is 4.67. The van der Waals surface area contributed by atoms with E-state index in [4.69, 9.17) is 0 Å². The number of nitrogens with zero attached hydrogens (tertiary/aromatic N) is 8. The van der Waals surface area contributed by atoms with Gasteiger partial charge in [-0.1, -0.05) is 100 Å². The molecule has 8 heteroatoms. The van der Waals surface area contributed by atoms with Crippen molar-refractivity contribution < 1.29 is 0 Å². The van der Waals surface area contributed by atoms with E-state index >= 15 is 0 Å². The molecule has 0 N–H and O–H groups in total. The van der Waals surface area contributed by atoms with Crippen molar-refractivity contribution >= 4 is 44.9 Å². The summed E-state index contributed by atoms with van der Waals surface area (Å²) in [5.74, 6) is 1.19. The van der Waals surface area contributed by atoms with Crippen LogP contribution >= 0.6 is 0 Å². The lowest BCUT2D eigenvalue weighted by atomic mass is 9.73. The number of hydrogen-bond acceptors (Lipinski definition) is 8. The third kappa shape index (κ3) is 4.69. The lowest BCUT2D eigenvalue weighted by Crippen LogP contribution is -2.31. The van der Waals surface area contributed by atoms with Crippen LogP contribution in [-0.2, 0) is 10.8 Å². The van der Waals surface area contributed by atoms with Crippen LogP contribution in [0.3, 0.4) is 0 Å². The summed E-state index contributed by atoms with van der Waals surface area (Å²) in [6.07, 6.45) is 6.24. The Morgan fingerprint density at radius 3 is 0.981 bits per heavy atom. The van der Waals surface area contributed by atoms with Crippen molar-refractivity contribution in [3.63, 3.8) is 0 Å². The first kappa shape index (κ1) is 31.9. The molecular weight excluding hydrogens is 665 g/mol. The van der Waals surface area contributed by atoms with Crippen LogP contribution < -0.4 is 9.80 Å². The van der Waals surface area contributed by atoms with E-state index in [9.17, 15) is 0 Å². The van der Waals surface area contributed by atoms with Crippen molar-refractivity contribution in [3.05, 3.63) is 169 Å². The average Bonchev–Trinajstić information content (AvgIpc) is 3.22. The molecule has 0 aliphatic carbocycles. The molecule has 10 rings (SSSR count). The second-order valence-corrected chi connectivity index (χ2v) is 15.0. The minimum absolute atomic E-state index is 0.222. The average molecular weight is 701 g/mol. The molecule has 2 aliphatic rings. The van der Waals surface area contributed by atoms with Crippen LogP contribution in [0.15, 0.2) is 147 Å². The van der Waals surface area contributed by atoms with E-state index in [2.05, 4.69) is 189 Å². The van der Waals surface area contributed by atoms with Crippen LogP contribution in [0.5, 0.6) is 0 Å². The van der Waals surface area contributed by atoms with Crippen LogP contribution in [0.1, 0.15) is 49.9 Å². The van der Waals surface area contributed by atoms with Gasteiger partial charge in [-0.2, -0.15) is 0 Å². The maximum Gasteiger partial charge on any atom is 0.162 e. The number of benzene rings is 6. The molecule has 0 atom stereocenters. The fraction of sp³-hybridized carbons (Fsp3) is 0.130. The summed E-state index contributed by atoms with van der Waals surface area (Å²) in [7, 11) is 0. The first-order valence-corrected chi connectivity index (χ1v) is 18.2. The summed E-state index contributed by atoms with van der Waals surface area (Å²) in [4.78, 5) is 31.8. The molecule has 6 aromatic carbocycles. The van der Waals surface area contributed by atoms with Crippen LogP contribution in [0.25, 0.3) is 33.5 Å². The molecule has 0 spiro atoms. The fourth-order valence-corrected chi connectivity index (χ4v) is 8.69. The Balaban J connectivity index is 1.37. The highest BCUT2D eigenvalue weighted by molar-refractivity contribution is 6.11. The van der Waals surface area contributed by atoms with Gasteiger partial charge < -0.3 is 9.80 Å². The summed E-state index contributed by atoms with van der Waals surface area (Å²) >= 11 is 0. The van der Waals surface area contributed by atoms with Crippen molar-refractivity contribution in [3.8, 4) is 22.8 Å². The molecule has 4 heterocycles. The minimum atomic E-state index is -0.222. The largest absolute Gasteiger partial charge is 0.309 e. The van der Waals surface area contributed by atoms with Gasteiger partial charge in [-0.05, 0) is 70.8 Å². The molecule has 0 bridgehead atoms. The Labute approximate surface area is 313 Å². The Morgan fingerprint density at radius 1 is 0.370 bits per heavy atom. The van der Waals surface area contributed by atoms with E-state index in [0.29, 0.717) is 11.6 Å². The number of aromatic nitrogens is 6. The third-order valence-corrected chi connectivity index (χ3v) is 11.3. The van der Waals surface area contributed by atoms with Crippen molar-refractivity contribution in [1.29, 1.82) is 0 Å². The van der Waals surface area contributed by atoms with Gasteiger partial charge in [0.1, 0.15) is 25.3 Å². The summed E-state index contributed by atoms with van der Waals surface area (Å²) in [6, 6.07) is 43.8. The molecule has 0 amide bonds. The molecular formula is C46H36N8. The molecule has 0 unspecified atom stereocenters. The monoisotopic (exact) mass is 700 g/mol. The number of para-hydroxylation sites is 4. The summed E-state index contributed by atoms with van der Waals surface area (Å²) < 4.78 is 0. The van der Waals surface area contributed by atoms with Crippen molar-refractivity contribution in [2.24, 2.45) is 0 Å². The zero-order valence-electron chi connectivity index (χ0n) is 30.4. The van der Waals surface area contributed by atoms with Gasteiger partial charge in [0.05, 0.1) is 34.1 Å². The zero-order valence-corrected chi connectivity index (χ0v) is 30.4. The molecule has 0 radical (unpaired) electrons. The molecule has 2 aromatic heterocycles. The number of hydrogen-bond donors (Lipinski definition) is 0. The lowest BCUT2D eigenvalue weighted by molar-refractivity contribution is 0.632. The molecule has 0 saturated carbocycles. The Morgan fingerprint density at radius 2 is 0.667 bits per heavy atom. The van der Waals surface area contributed by atoms with Crippen LogP contribution in [-0.4, -0.2) is 29.9 Å². The van der Waals surface area contributed by atoms with Crippen molar-refractivity contribution in [2.45, 2.75) is 38.5 Å². The molecule has 0 saturated heterocycles. The Kier molecular flexibility index (Phi) is 7.01. The normalized spacial score (nSPS) is 14.9. The molecule has 260 valence electrons. The molecule has 54 heavy (non-hydrogen) atoms. The van der Waals surface area contributed by atoms with Gasteiger partial charge in [0.25, 0.3) is 0 Å². The van der Waals surface area contributed by atoms with Gasteiger partial charge in [-0.15, -0.1) is 0 Å². The highest BCUT2D eigenvalue weighted by atomic mass is 15.2. The predicted molar refractivity (Wildman–Crippen MR) is 215 cm³/mol. The van der Waals surface area contributed by atoms with Crippen molar-refractivity contribution in [1.82, 2.24) is 29.9 Å². The first-order valence-electron chi connectivity index (χ1n) is 18.2. The zero-order chi connectivity index (χ0) is 36.6. The second kappa shape index (κ2) is 11.9. The van der Waals surface area contributed by atoms with E-state index in [1.165, 1.54) is 22.3 Å². The van der Waals surface area contributed by atoms with Crippen molar-refractivity contribution in [2.75, 3.05) is 9.80 Å². The highest BCUT2D eigenvalue weighted by Crippen LogP contribution is 2.57. The quantitative estimate of drug-likeness (QED) is 0.179. The van der Waals surface area contributed by atoms with E-state index in [1.807, 2.05) is 0 Å². The van der Waals surface area contributed by atoms with Gasteiger partial charge >= 0.3 is 0 Å². The van der Waals surface area contributed by atoms with Crippen LogP contribution in [0.4, 0.5) is 34.1 Å². The van der Waals surface area contributed by atoms with Crippen LogP contribution in [0.2, 0.25) is 0 Å². The summed E-state index contributed by atoms with van der Waals surface area (Å²) in [5.41, 5.74) is 12.8. The van der Waals surface area contributed by atoms with E-state index < -0.39 is 0 Å². The molecule has 8 nitrogen and oxygen atoms in total. The van der Waals surface area contributed by atoms with Gasteiger partial charge in [-0.25, -0.2) is 29.9 Å². The summed E-state index contributed by atoms with van der Waals surface area (Å²) in [6.45, 7) is 9.24. The standard InChI is InChI=1S/C46H36N8/c1-45(2)33-13-5-9-17-37(33)53(38-18-10-6-14-34(38)45)41-23-29(43-49-25-47-26-50-43)22-32-31(41)21-30(44-51-27-48-28-52-44)24-42(32)54-39-19-11-7-15-35(39)46(3,4)36-16-8-12-20-40(36)54/h5-28H,1-4H3. The van der Waals surface area contributed by atoms with E-state index in [1.54, 1.807) is 25.3 Å². The number of anilines is 6. The minimum Gasteiger partial charge on any atom is -0.309 e. The maximum atomic E-state index is 4.67. The Bertz CT molecular complexity index is 2450. The first-order chi connectivity index (χ1) is 26.3. The SMILES string of the molecule is CC1(C)c2ccccc2N(c2cc(-c3ncncn3)cc3c(N4c5ccccc5C(C)(C)c5ccccc54)cc(-c4ncncn4)cc23)c2ccccc21. The van der Waals surface area contributed by atoms with Gasteiger partial charge in [0.15, 0.2) is 11.6 Å². The fourth-order valence-electron chi connectivity index (χ4n) is 8.69. The van der Waals surface area contributed by atoms with Gasteiger partial charge in [0, 0.05) is 32.7 Å². The van der Waals surface area contributed by atoms with Gasteiger partial charge in [-0.3, -0.25) is 0 Å².